The van der Waals surface area contributed by atoms with Crippen LogP contribution in [0.4, 0.5) is 10.1 Å². The Morgan fingerprint density at radius 1 is 1.15 bits per heavy atom. The van der Waals surface area contributed by atoms with Crippen LogP contribution in [0.25, 0.3) is 0 Å². The number of amides is 1. The van der Waals surface area contributed by atoms with E-state index < -0.39 is 18.4 Å². The second kappa shape index (κ2) is 8.84. The molecule has 0 fully saturated rings. The Kier molecular flexibility index (Phi) is 6.54. The van der Waals surface area contributed by atoms with Gasteiger partial charge in [0, 0.05) is 19.2 Å². The number of methoxy groups -OCH3 is 1. The van der Waals surface area contributed by atoms with Gasteiger partial charge >= 0.3 is 5.97 Å². The number of carboxylic acid groups (broad SMARTS) is 1. The maximum Gasteiger partial charge on any atom is 0.341 e. The molecule has 1 amide bonds. The lowest BCUT2D eigenvalue weighted by Gasteiger charge is -2.18. The molecule has 0 aromatic heterocycles. The van der Waals surface area contributed by atoms with Crippen molar-refractivity contribution in [3.8, 4) is 11.5 Å². The Labute approximate surface area is 150 Å². The van der Waals surface area contributed by atoms with E-state index in [2.05, 4.69) is 0 Å². The minimum Gasteiger partial charge on any atom is -0.494 e. The van der Waals surface area contributed by atoms with E-state index in [1.54, 1.807) is 43.4 Å². The van der Waals surface area contributed by atoms with Crippen molar-refractivity contribution in [2.75, 3.05) is 25.7 Å². The van der Waals surface area contributed by atoms with Crippen molar-refractivity contribution in [2.45, 2.75) is 12.8 Å². The first-order chi connectivity index (χ1) is 12.4. The molecule has 2 rings (SSSR count). The quantitative estimate of drug-likeness (QED) is 0.782. The van der Waals surface area contributed by atoms with Gasteiger partial charge in [0.1, 0.15) is 5.75 Å². The zero-order valence-electron chi connectivity index (χ0n) is 14.6. The number of aryl methyl sites for hydroxylation is 1. The molecule has 0 aliphatic rings. The molecule has 0 saturated carbocycles. The van der Waals surface area contributed by atoms with Crippen molar-refractivity contribution in [3.63, 3.8) is 0 Å². The zero-order valence-corrected chi connectivity index (χ0v) is 14.6. The fraction of sp³-hybridized carbons (Fsp3) is 0.263. The predicted molar refractivity (Wildman–Crippen MR) is 94.3 cm³/mol. The minimum absolute atomic E-state index is 0.137. The van der Waals surface area contributed by atoms with Gasteiger partial charge in [-0.1, -0.05) is 12.1 Å². The van der Waals surface area contributed by atoms with E-state index in [0.717, 1.165) is 0 Å². The molecule has 0 aliphatic heterocycles. The van der Waals surface area contributed by atoms with E-state index in [1.807, 2.05) is 0 Å². The summed E-state index contributed by atoms with van der Waals surface area (Å²) < 4.78 is 24.1. The average molecular weight is 361 g/mol. The number of nitrogens with zero attached hydrogens (tertiary/aromatic N) is 1. The Morgan fingerprint density at radius 2 is 1.85 bits per heavy atom. The highest BCUT2D eigenvalue weighted by Gasteiger charge is 2.14. The fourth-order valence-electron chi connectivity index (χ4n) is 2.37. The minimum atomic E-state index is -1.06. The molecule has 2 aromatic carbocycles. The highest BCUT2D eigenvalue weighted by Crippen LogP contribution is 2.22. The van der Waals surface area contributed by atoms with Crippen molar-refractivity contribution in [1.29, 1.82) is 0 Å². The number of hydrogen-bond donors (Lipinski definition) is 1. The van der Waals surface area contributed by atoms with Crippen LogP contribution in [0.5, 0.6) is 11.5 Å². The molecule has 6 nitrogen and oxygen atoms in total. The van der Waals surface area contributed by atoms with Gasteiger partial charge in [-0.2, -0.15) is 0 Å². The molecule has 0 unspecified atom stereocenters. The molecule has 0 radical (unpaired) electrons. The number of carbonyl (C=O) groups is 2. The number of benzene rings is 2. The smallest absolute Gasteiger partial charge is 0.341 e. The number of ether oxygens (including phenoxy) is 2. The Hall–Kier alpha value is -3.09. The first kappa shape index (κ1) is 19.2. The lowest BCUT2D eigenvalue weighted by Crippen LogP contribution is -2.26. The molecule has 1 N–H and O–H groups in total. The van der Waals surface area contributed by atoms with Crippen molar-refractivity contribution in [1.82, 2.24) is 0 Å². The molecule has 26 heavy (non-hydrogen) atoms. The van der Waals surface area contributed by atoms with Gasteiger partial charge in [0.25, 0.3) is 0 Å². The normalized spacial score (nSPS) is 10.3. The number of carbonyl (C=O) groups excluding carboxylic acids is 1. The third-order valence-corrected chi connectivity index (χ3v) is 3.83. The van der Waals surface area contributed by atoms with E-state index in [4.69, 9.17) is 14.6 Å². The third kappa shape index (κ3) is 4.95. The van der Waals surface area contributed by atoms with Crippen LogP contribution in [0.1, 0.15) is 12.0 Å². The largest absolute Gasteiger partial charge is 0.494 e. The summed E-state index contributed by atoms with van der Waals surface area (Å²) in [7, 11) is 3.02. The maximum absolute atomic E-state index is 14.1. The van der Waals surface area contributed by atoms with E-state index in [1.165, 1.54) is 18.1 Å². The molecule has 0 atom stereocenters. The number of carboxylic acids is 1. The molecule has 7 heteroatoms. The van der Waals surface area contributed by atoms with Gasteiger partial charge in [-0.25, -0.2) is 9.18 Å². The lowest BCUT2D eigenvalue weighted by atomic mass is 10.1. The molecule has 0 bridgehead atoms. The number of aliphatic carboxylic acids is 1. The van der Waals surface area contributed by atoms with Crippen LogP contribution in [0.3, 0.4) is 0 Å². The van der Waals surface area contributed by atoms with Gasteiger partial charge in [0.15, 0.2) is 18.2 Å². The van der Waals surface area contributed by atoms with Crippen molar-refractivity contribution >= 4 is 17.6 Å². The van der Waals surface area contributed by atoms with E-state index in [0.29, 0.717) is 17.0 Å². The summed E-state index contributed by atoms with van der Waals surface area (Å²) >= 11 is 0. The number of hydrogen-bond acceptors (Lipinski definition) is 4. The summed E-state index contributed by atoms with van der Waals surface area (Å²) in [6.07, 6.45) is 0.393. The highest BCUT2D eigenvalue weighted by atomic mass is 19.1. The summed E-state index contributed by atoms with van der Waals surface area (Å²) in [5.74, 6) is -1.14. The van der Waals surface area contributed by atoms with Crippen LogP contribution < -0.4 is 14.4 Å². The number of rotatable bonds is 8. The highest BCUT2D eigenvalue weighted by molar-refractivity contribution is 5.92. The summed E-state index contributed by atoms with van der Waals surface area (Å²) in [5, 5.41) is 8.58. The van der Waals surface area contributed by atoms with Gasteiger partial charge in [0.2, 0.25) is 5.91 Å². The van der Waals surface area contributed by atoms with Gasteiger partial charge in [0.05, 0.1) is 7.11 Å². The second-order valence-electron chi connectivity index (χ2n) is 5.56. The van der Waals surface area contributed by atoms with E-state index in [9.17, 15) is 14.0 Å². The van der Waals surface area contributed by atoms with Gasteiger partial charge in [-0.3, -0.25) is 4.79 Å². The third-order valence-electron chi connectivity index (χ3n) is 3.83. The van der Waals surface area contributed by atoms with Crippen molar-refractivity contribution in [3.05, 3.63) is 53.8 Å². The van der Waals surface area contributed by atoms with Crippen LogP contribution in [-0.2, 0) is 16.0 Å². The standard InChI is InChI=1S/C19H20FNO5/c1-21(14-7-9-15(10-8-14)26-12-18(23)24)17(22)11-6-13-4-3-5-16(25-2)19(13)20/h3-5,7-10H,6,11-12H2,1-2H3,(H,23,24). The Morgan fingerprint density at radius 3 is 2.46 bits per heavy atom. The molecule has 0 saturated heterocycles. The van der Waals surface area contributed by atoms with Crippen LogP contribution in [-0.4, -0.2) is 37.7 Å². The predicted octanol–water partition coefficient (Wildman–Crippen LogP) is 2.89. The Bertz CT molecular complexity index is 776. The topological polar surface area (TPSA) is 76.1 Å². The SMILES string of the molecule is COc1cccc(CCC(=O)N(C)c2ccc(OCC(=O)O)cc2)c1F. The number of halogens is 1. The lowest BCUT2D eigenvalue weighted by molar-refractivity contribution is -0.139. The maximum atomic E-state index is 14.1. The van der Waals surface area contributed by atoms with E-state index in [-0.39, 0.29) is 24.5 Å². The summed E-state index contributed by atoms with van der Waals surface area (Å²) in [4.78, 5) is 24.3. The van der Waals surface area contributed by atoms with Crippen LogP contribution in [0.15, 0.2) is 42.5 Å². The van der Waals surface area contributed by atoms with Gasteiger partial charge in [-0.05, 0) is 42.3 Å². The first-order valence-electron chi connectivity index (χ1n) is 7.95. The second-order valence-corrected chi connectivity index (χ2v) is 5.56. The van der Waals surface area contributed by atoms with Gasteiger partial charge < -0.3 is 19.5 Å². The summed E-state index contributed by atoms with van der Waals surface area (Å²) in [5.41, 5.74) is 1.05. The van der Waals surface area contributed by atoms with Crippen LogP contribution in [0.2, 0.25) is 0 Å². The molecule has 0 spiro atoms. The molecular weight excluding hydrogens is 341 g/mol. The molecule has 0 heterocycles. The molecular formula is C19H20FNO5. The van der Waals surface area contributed by atoms with Crippen LogP contribution >= 0.6 is 0 Å². The first-order valence-corrected chi connectivity index (χ1v) is 7.95. The fourth-order valence-corrected chi connectivity index (χ4v) is 2.37. The molecule has 0 aliphatic carbocycles. The summed E-state index contributed by atoms with van der Waals surface area (Å²) in [6.45, 7) is -0.430. The van der Waals surface area contributed by atoms with Crippen LogP contribution in [0, 0.1) is 5.82 Å². The molecule has 138 valence electrons. The Balaban J connectivity index is 1.96. The number of anilines is 1. The van der Waals surface area contributed by atoms with Gasteiger partial charge in [-0.15, -0.1) is 0 Å². The average Bonchev–Trinajstić information content (AvgIpc) is 2.65. The monoisotopic (exact) mass is 361 g/mol. The van der Waals surface area contributed by atoms with Crippen molar-refractivity contribution < 1.29 is 28.6 Å². The van der Waals surface area contributed by atoms with Crippen molar-refractivity contribution in [2.24, 2.45) is 0 Å². The zero-order chi connectivity index (χ0) is 19.1. The summed E-state index contributed by atoms with van der Waals surface area (Å²) in [6, 6.07) is 11.3. The molecule has 2 aromatic rings. The van der Waals surface area contributed by atoms with E-state index >= 15 is 0 Å².